The zero-order valence-corrected chi connectivity index (χ0v) is 12.3. The first-order chi connectivity index (χ1) is 9.31. The molecule has 0 aliphatic carbocycles. The van der Waals surface area contributed by atoms with Crippen molar-refractivity contribution in [3.63, 3.8) is 0 Å². The van der Waals surface area contributed by atoms with Crippen molar-refractivity contribution in [1.29, 1.82) is 0 Å². The van der Waals surface area contributed by atoms with Crippen molar-refractivity contribution >= 4 is 34.0 Å². The number of carbonyl (C=O) groups is 2. The summed E-state index contributed by atoms with van der Waals surface area (Å²) in [6.45, 7) is 6.83. The number of rotatable bonds is 9. The van der Waals surface area contributed by atoms with Gasteiger partial charge >= 0.3 is 0 Å². The highest BCUT2D eigenvalue weighted by Gasteiger charge is 2.17. The maximum Gasteiger partial charge on any atom is 0.241 e. The second-order valence-corrected chi connectivity index (χ2v) is 5.33. The zero-order chi connectivity index (χ0) is 15.7. The van der Waals surface area contributed by atoms with Gasteiger partial charge in [0.05, 0.1) is 0 Å². The topological polar surface area (TPSA) is 115 Å². The second-order valence-electron chi connectivity index (χ2n) is 3.47. The van der Waals surface area contributed by atoms with Crippen molar-refractivity contribution in [2.75, 3.05) is 24.6 Å². The van der Waals surface area contributed by atoms with Crippen LogP contribution in [0.1, 0.15) is 0 Å². The highest BCUT2D eigenvalue weighted by Crippen LogP contribution is 1.98. The summed E-state index contributed by atoms with van der Waals surface area (Å²) in [5.74, 6) is -2.39. The van der Waals surface area contributed by atoms with Gasteiger partial charge in [0.25, 0.3) is 0 Å². The summed E-state index contributed by atoms with van der Waals surface area (Å²) in [7, 11) is 0. The van der Waals surface area contributed by atoms with Crippen LogP contribution < -0.4 is 0 Å². The quantitative estimate of drug-likeness (QED) is 0.546. The molecule has 0 saturated heterocycles. The Morgan fingerprint density at radius 3 is 1.40 bits per heavy atom. The minimum atomic E-state index is -2.26. The average Bonchev–Trinajstić information content (AvgIpc) is 2.32. The SMILES string of the molecule is C=CN(CCN(C=C)C(=O)CS(=O)O)C(=O)CS(=O)O. The normalized spacial score (nSPS) is 13.1. The molecule has 0 radical (unpaired) electrons. The maximum absolute atomic E-state index is 11.5. The molecule has 2 N–H and O–H groups in total. The minimum Gasteiger partial charge on any atom is -0.317 e. The lowest BCUT2D eigenvalue weighted by Crippen LogP contribution is -2.39. The third-order valence-corrected chi connectivity index (χ3v) is 3.14. The number of hydrogen-bond donors (Lipinski definition) is 2. The molecule has 0 spiro atoms. The smallest absolute Gasteiger partial charge is 0.241 e. The summed E-state index contributed by atoms with van der Waals surface area (Å²) >= 11 is -4.53. The molecule has 8 nitrogen and oxygen atoms in total. The van der Waals surface area contributed by atoms with Crippen LogP contribution in [-0.2, 0) is 31.7 Å². The van der Waals surface area contributed by atoms with Crippen LogP contribution in [0.2, 0.25) is 0 Å². The van der Waals surface area contributed by atoms with Crippen LogP contribution >= 0.6 is 0 Å². The monoisotopic (exact) mass is 324 g/mol. The molecule has 2 unspecified atom stereocenters. The van der Waals surface area contributed by atoms with E-state index in [1.807, 2.05) is 0 Å². The second kappa shape index (κ2) is 9.53. The van der Waals surface area contributed by atoms with Gasteiger partial charge < -0.3 is 18.9 Å². The van der Waals surface area contributed by atoms with Gasteiger partial charge in [-0.15, -0.1) is 0 Å². The predicted octanol–water partition coefficient (Wildman–Crippen LogP) is -0.626. The first-order valence-electron chi connectivity index (χ1n) is 5.30. The summed E-state index contributed by atoms with van der Waals surface area (Å²) in [6, 6.07) is 0. The molecular formula is C10H16N2O6S2. The van der Waals surface area contributed by atoms with Crippen molar-refractivity contribution in [3.8, 4) is 0 Å². The zero-order valence-electron chi connectivity index (χ0n) is 10.6. The fourth-order valence-electron chi connectivity index (χ4n) is 1.23. The minimum absolute atomic E-state index is 0.0232. The Kier molecular flexibility index (Phi) is 8.88. The van der Waals surface area contributed by atoms with Crippen LogP contribution in [0.3, 0.4) is 0 Å². The van der Waals surface area contributed by atoms with Gasteiger partial charge in [0, 0.05) is 13.1 Å². The van der Waals surface area contributed by atoms with Gasteiger partial charge in [-0.2, -0.15) is 0 Å². The van der Waals surface area contributed by atoms with Crippen LogP contribution in [0.4, 0.5) is 0 Å². The Balaban J connectivity index is 4.52. The molecule has 0 heterocycles. The van der Waals surface area contributed by atoms with Crippen molar-refractivity contribution in [2.45, 2.75) is 0 Å². The number of hydrogen-bond acceptors (Lipinski definition) is 4. The lowest BCUT2D eigenvalue weighted by molar-refractivity contribution is -0.129. The standard InChI is InChI=1S/C10H16N2O6S2/c1-3-11(9(13)7-19(15)16)5-6-12(4-2)10(14)8-20(17)18/h3-4H,1-2,5-8H2,(H,15,16)(H,17,18). The van der Waals surface area contributed by atoms with Gasteiger partial charge in [-0.3, -0.25) is 9.59 Å². The van der Waals surface area contributed by atoms with E-state index < -0.39 is 45.5 Å². The van der Waals surface area contributed by atoms with E-state index in [2.05, 4.69) is 13.2 Å². The van der Waals surface area contributed by atoms with Crippen LogP contribution in [0.15, 0.2) is 25.6 Å². The van der Waals surface area contributed by atoms with E-state index in [0.29, 0.717) is 0 Å². The van der Waals surface area contributed by atoms with E-state index >= 15 is 0 Å². The van der Waals surface area contributed by atoms with E-state index in [-0.39, 0.29) is 13.1 Å². The van der Waals surface area contributed by atoms with Gasteiger partial charge in [-0.1, -0.05) is 13.2 Å². The Hall–Kier alpha value is -1.36. The summed E-state index contributed by atoms with van der Waals surface area (Å²) in [5.41, 5.74) is 0. The number of nitrogens with zero attached hydrogens (tertiary/aromatic N) is 2. The first kappa shape index (κ1) is 18.6. The Labute approximate surface area is 121 Å². The van der Waals surface area contributed by atoms with E-state index in [1.54, 1.807) is 0 Å². The lowest BCUT2D eigenvalue weighted by Gasteiger charge is -2.22. The van der Waals surface area contributed by atoms with Gasteiger partial charge in [0.1, 0.15) is 11.5 Å². The number of carbonyl (C=O) groups excluding carboxylic acids is 2. The maximum atomic E-state index is 11.5. The van der Waals surface area contributed by atoms with Crippen LogP contribution in [-0.4, -0.2) is 63.7 Å². The third kappa shape index (κ3) is 7.28. The molecule has 0 aromatic carbocycles. The van der Waals surface area contributed by atoms with E-state index in [4.69, 9.17) is 9.11 Å². The van der Waals surface area contributed by atoms with E-state index in [9.17, 15) is 18.0 Å². The molecule has 0 aromatic heterocycles. The summed E-state index contributed by atoms with van der Waals surface area (Å²) in [6.07, 6.45) is 2.34. The Morgan fingerprint density at radius 1 is 0.900 bits per heavy atom. The summed E-state index contributed by atoms with van der Waals surface area (Å²) < 4.78 is 38.3. The fourth-order valence-corrected chi connectivity index (χ4v) is 1.98. The van der Waals surface area contributed by atoms with Gasteiger partial charge in [-0.25, -0.2) is 8.42 Å². The van der Waals surface area contributed by atoms with Crippen molar-refractivity contribution in [1.82, 2.24) is 9.80 Å². The van der Waals surface area contributed by atoms with Crippen molar-refractivity contribution in [2.24, 2.45) is 0 Å². The van der Waals surface area contributed by atoms with E-state index in [1.165, 1.54) is 12.4 Å². The predicted molar refractivity (Wildman–Crippen MR) is 75.1 cm³/mol. The largest absolute Gasteiger partial charge is 0.317 e. The molecule has 0 fully saturated rings. The highest BCUT2D eigenvalue weighted by atomic mass is 32.2. The molecule has 114 valence electrons. The molecule has 0 rings (SSSR count). The summed E-state index contributed by atoms with van der Waals surface area (Å²) in [4.78, 5) is 25.2. The van der Waals surface area contributed by atoms with Crippen molar-refractivity contribution < 1.29 is 27.1 Å². The number of amides is 2. The van der Waals surface area contributed by atoms with Crippen LogP contribution in [0.5, 0.6) is 0 Å². The molecule has 20 heavy (non-hydrogen) atoms. The van der Waals surface area contributed by atoms with Crippen LogP contribution in [0, 0.1) is 0 Å². The first-order valence-corrected chi connectivity index (χ1v) is 7.86. The summed E-state index contributed by atoms with van der Waals surface area (Å²) in [5, 5.41) is 0. The van der Waals surface area contributed by atoms with Gasteiger partial charge in [-0.05, 0) is 12.4 Å². The molecular weight excluding hydrogens is 308 g/mol. The molecule has 2 amide bonds. The molecule has 0 aliphatic heterocycles. The molecule has 0 saturated carbocycles. The molecule has 10 heteroatoms. The Bertz CT molecular complexity index is 399. The van der Waals surface area contributed by atoms with Gasteiger partial charge in [0.15, 0.2) is 22.2 Å². The molecule has 0 bridgehead atoms. The molecule has 2 atom stereocenters. The molecule has 0 aromatic rings. The third-order valence-electron chi connectivity index (χ3n) is 2.16. The fraction of sp³-hybridized carbons (Fsp3) is 0.400. The molecule has 0 aliphatic rings. The van der Waals surface area contributed by atoms with Gasteiger partial charge in [0.2, 0.25) is 11.8 Å². The average molecular weight is 324 g/mol. The highest BCUT2D eigenvalue weighted by molar-refractivity contribution is 7.80. The Morgan fingerprint density at radius 2 is 1.20 bits per heavy atom. The van der Waals surface area contributed by atoms with Crippen LogP contribution in [0.25, 0.3) is 0 Å². The lowest BCUT2D eigenvalue weighted by atomic mass is 10.4. The van der Waals surface area contributed by atoms with Crippen molar-refractivity contribution in [3.05, 3.63) is 25.6 Å². The van der Waals surface area contributed by atoms with E-state index in [0.717, 1.165) is 9.80 Å².